The zero-order chi connectivity index (χ0) is 22.3. The van der Waals surface area contributed by atoms with Crippen molar-refractivity contribution < 1.29 is 19.1 Å². The van der Waals surface area contributed by atoms with Gasteiger partial charge in [0, 0.05) is 5.56 Å². The highest BCUT2D eigenvalue weighted by Crippen LogP contribution is 2.32. The number of halogens is 3. The van der Waals surface area contributed by atoms with Crippen molar-refractivity contribution in [3.8, 4) is 11.3 Å². The van der Waals surface area contributed by atoms with E-state index in [1.807, 2.05) is 0 Å². The molecule has 9 heteroatoms. The molecule has 156 valence electrons. The van der Waals surface area contributed by atoms with Crippen molar-refractivity contribution in [2.45, 2.75) is 6.92 Å². The molecule has 0 atom stereocenters. The number of carboxylic acids is 1. The van der Waals surface area contributed by atoms with Crippen molar-refractivity contribution in [1.82, 2.24) is 0 Å². The Bertz CT molecular complexity index is 1290. The van der Waals surface area contributed by atoms with Gasteiger partial charge < -0.3 is 9.52 Å². The van der Waals surface area contributed by atoms with Crippen LogP contribution >= 0.6 is 34.8 Å². The lowest BCUT2D eigenvalue weighted by atomic mass is 10.1. The molecule has 3 aromatic rings. The summed E-state index contributed by atoms with van der Waals surface area (Å²) in [5, 5.41) is 15.6. The van der Waals surface area contributed by atoms with Gasteiger partial charge in [-0.15, -0.1) is 0 Å². The van der Waals surface area contributed by atoms with Crippen LogP contribution in [0.1, 0.15) is 23.0 Å². The van der Waals surface area contributed by atoms with E-state index in [4.69, 9.17) is 39.2 Å². The third kappa shape index (κ3) is 4.10. The average Bonchev–Trinajstić information content (AvgIpc) is 3.30. The van der Waals surface area contributed by atoms with Crippen LogP contribution in [0.25, 0.3) is 17.4 Å². The van der Waals surface area contributed by atoms with Crippen LogP contribution < -0.4 is 5.01 Å². The number of hydrogen-bond donors (Lipinski definition) is 1. The van der Waals surface area contributed by atoms with E-state index >= 15 is 0 Å². The monoisotopic (exact) mass is 474 g/mol. The molecular weight excluding hydrogens is 463 g/mol. The number of carbonyl (C=O) groups is 2. The van der Waals surface area contributed by atoms with E-state index in [1.54, 1.807) is 49.4 Å². The molecule has 0 saturated heterocycles. The molecule has 31 heavy (non-hydrogen) atoms. The molecule has 2 heterocycles. The standard InChI is InChI=1S/C22H13Cl3N2O4/c1-11-15(21(28)27(26-11)13-3-6-18(24)19(25)9-13)10-14-4-7-20(31-14)12-2-5-17(23)16(8-12)22(29)30/h2-10H,1H3,(H,29,30)/b15-10+. The van der Waals surface area contributed by atoms with E-state index in [0.29, 0.717) is 44.1 Å². The lowest BCUT2D eigenvalue weighted by Crippen LogP contribution is -2.21. The summed E-state index contributed by atoms with van der Waals surface area (Å²) in [4.78, 5) is 24.2. The van der Waals surface area contributed by atoms with E-state index in [2.05, 4.69) is 5.10 Å². The maximum Gasteiger partial charge on any atom is 0.337 e. The van der Waals surface area contributed by atoms with Crippen LogP contribution in [0.3, 0.4) is 0 Å². The van der Waals surface area contributed by atoms with Gasteiger partial charge in [0.2, 0.25) is 0 Å². The number of amides is 1. The molecule has 0 fully saturated rings. The molecule has 1 aromatic heterocycles. The quantitative estimate of drug-likeness (QED) is 0.442. The number of anilines is 1. The van der Waals surface area contributed by atoms with Gasteiger partial charge in [-0.05, 0) is 61.5 Å². The van der Waals surface area contributed by atoms with Gasteiger partial charge in [0.1, 0.15) is 11.5 Å². The Morgan fingerprint density at radius 1 is 1.03 bits per heavy atom. The maximum atomic E-state index is 12.9. The van der Waals surface area contributed by atoms with Crippen molar-refractivity contribution in [1.29, 1.82) is 0 Å². The van der Waals surface area contributed by atoms with Crippen molar-refractivity contribution in [3.63, 3.8) is 0 Å². The first-order valence-corrected chi connectivity index (χ1v) is 10.1. The van der Waals surface area contributed by atoms with Gasteiger partial charge in [-0.1, -0.05) is 34.8 Å². The summed E-state index contributed by atoms with van der Waals surface area (Å²) in [5.41, 5.74) is 1.88. The molecule has 0 aliphatic carbocycles. The molecule has 0 bridgehead atoms. The number of nitrogens with zero attached hydrogens (tertiary/aromatic N) is 2. The molecule has 0 saturated carbocycles. The van der Waals surface area contributed by atoms with Crippen molar-refractivity contribution >= 4 is 64.2 Å². The number of aromatic carboxylic acids is 1. The van der Waals surface area contributed by atoms with Crippen LogP contribution in [0.4, 0.5) is 5.69 Å². The van der Waals surface area contributed by atoms with Gasteiger partial charge in [0.15, 0.2) is 0 Å². The maximum absolute atomic E-state index is 12.9. The fraction of sp³-hybridized carbons (Fsp3) is 0.0455. The SMILES string of the molecule is CC1=NN(c2ccc(Cl)c(Cl)c2)C(=O)/C1=C/c1ccc(-c2ccc(Cl)c(C(=O)O)c2)o1. The molecule has 1 aliphatic rings. The molecule has 0 spiro atoms. The Morgan fingerprint density at radius 3 is 2.48 bits per heavy atom. The Hall–Kier alpha value is -3.06. The third-order valence-electron chi connectivity index (χ3n) is 4.60. The zero-order valence-electron chi connectivity index (χ0n) is 15.9. The number of carboxylic acid groups (broad SMARTS) is 1. The Morgan fingerprint density at radius 2 is 1.77 bits per heavy atom. The Kier molecular flexibility index (Phi) is 5.62. The minimum atomic E-state index is -1.13. The Balaban J connectivity index is 1.63. The molecular formula is C22H13Cl3N2O4. The molecule has 1 aliphatic heterocycles. The average molecular weight is 476 g/mol. The predicted octanol–water partition coefficient (Wildman–Crippen LogP) is 6.41. The first-order valence-electron chi connectivity index (χ1n) is 8.94. The van der Waals surface area contributed by atoms with Crippen LogP contribution in [0.5, 0.6) is 0 Å². The summed E-state index contributed by atoms with van der Waals surface area (Å²) in [6.45, 7) is 1.71. The molecule has 4 rings (SSSR count). The summed E-state index contributed by atoms with van der Waals surface area (Å²) in [7, 11) is 0. The number of benzene rings is 2. The highest BCUT2D eigenvalue weighted by Gasteiger charge is 2.29. The summed E-state index contributed by atoms with van der Waals surface area (Å²) in [5.74, 6) is -0.622. The van der Waals surface area contributed by atoms with Crippen LogP contribution in [-0.4, -0.2) is 22.7 Å². The van der Waals surface area contributed by atoms with Crippen molar-refractivity contribution in [2.75, 3.05) is 5.01 Å². The smallest absolute Gasteiger partial charge is 0.337 e. The first kappa shape index (κ1) is 21.2. The minimum absolute atomic E-state index is 0.0262. The van der Waals surface area contributed by atoms with Crippen LogP contribution in [0.15, 0.2) is 63.6 Å². The highest BCUT2D eigenvalue weighted by atomic mass is 35.5. The van der Waals surface area contributed by atoms with Crippen molar-refractivity contribution in [2.24, 2.45) is 5.10 Å². The van der Waals surface area contributed by atoms with Crippen LogP contribution in [-0.2, 0) is 4.79 Å². The van der Waals surface area contributed by atoms with E-state index in [0.717, 1.165) is 0 Å². The number of furan rings is 1. The molecule has 1 amide bonds. The molecule has 6 nitrogen and oxygen atoms in total. The number of hydrogen-bond acceptors (Lipinski definition) is 4. The molecule has 1 N–H and O–H groups in total. The second-order valence-electron chi connectivity index (χ2n) is 6.66. The lowest BCUT2D eigenvalue weighted by molar-refractivity contribution is -0.114. The zero-order valence-corrected chi connectivity index (χ0v) is 18.2. The predicted molar refractivity (Wildman–Crippen MR) is 121 cm³/mol. The fourth-order valence-electron chi connectivity index (χ4n) is 3.05. The van der Waals surface area contributed by atoms with Gasteiger partial charge in [-0.2, -0.15) is 10.1 Å². The fourth-order valence-corrected chi connectivity index (χ4v) is 3.54. The molecule has 0 unspecified atom stereocenters. The van der Waals surface area contributed by atoms with Gasteiger partial charge in [-0.25, -0.2) is 4.79 Å². The number of carbonyl (C=O) groups excluding carboxylic acids is 1. The van der Waals surface area contributed by atoms with Gasteiger partial charge >= 0.3 is 5.97 Å². The van der Waals surface area contributed by atoms with E-state index in [-0.39, 0.29) is 16.5 Å². The van der Waals surface area contributed by atoms with Gasteiger partial charge in [-0.3, -0.25) is 4.79 Å². The Labute approximate surface area is 191 Å². The molecule has 0 radical (unpaired) electrons. The van der Waals surface area contributed by atoms with E-state index in [1.165, 1.54) is 17.1 Å². The lowest BCUT2D eigenvalue weighted by Gasteiger charge is -2.12. The summed E-state index contributed by atoms with van der Waals surface area (Å²) in [6, 6.07) is 12.8. The van der Waals surface area contributed by atoms with E-state index in [9.17, 15) is 14.7 Å². The van der Waals surface area contributed by atoms with Crippen molar-refractivity contribution in [3.05, 3.63) is 80.5 Å². The first-order chi connectivity index (χ1) is 14.7. The number of hydrazone groups is 1. The second kappa shape index (κ2) is 8.23. The normalized spacial score (nSPS) is 15.0. The summed E-state index contributed by atoms with van der Waals surface area (Å²) < 4.78 is 5.80. The minimum Gasteiger partial charge on any atom is -0.478 e. The topological polar surface area (TPSA) is 83.1 Å². The largest absolute Gasteiger partial charge is 0.478 e. The number of rotatable bonds is 4. The third-order valence-corrected chi connectivity index (χ3v) is 5.67. The van der Waals surface area contributed by atoms with Crippen LogP contribution in [0.2, 0.25) is 15.1 Å². The van der Waals surface area contributed by atoms with Gasteiger partial charge in [0.05, 0.1) is 37.6 Å². The van der Waals surface area contributed by atoms with Crippen LogP contribution in [0, 0.1) is 0 Å². The molecule has 2 aromatic carbocycles. The summed E-state index contributed by atoms with van der Waals surface area (Å²) in [6.07, 6.45) is 1.58. The van der Waals surface area contributed by atoms with Gasteiger partial charge in [0.25, 0.3) is 5.91 Å². The highest BCUT2D eigenvalue weighted by molar-refractivity contribution is 6.42. The summed E-state index contributed by atoms with van der Waals surface area (Å²) >= 11 is 17.9. The van der Waals surface area contributed by atoms with E-state index < -0.39 is 5.97 Å². The second-order valence-corrected chi connectivity index (χ2v) is 7.88.